The Morgan fingerprint density at radius 3 is 2.29 bits per heavy atom. The number of rotatable bonds is 5. The van der Waals surface area contributed by atoms with Crippen molar-refractivity contribution in [2.45, 2.75) is 12.0 Å². The zero-order valence-electron chi connectivity index (χ0n) is 18.4. The Kier molecular flexibility index (Phi) is 5.33. The van der Waals surface area contributed by atoms with Gasteiger partial charge < -0.3 is 29.1 Å². The highest BCUT2D eigenvalue weighted by Crippen LogP contribution is 2.48. The van der Waals surface area contributed by atoms with Crippen LogP contribution in [0.15, 0.2) is 75.9 Å². The van der Waals surface area contributed by atoms with Gasteiger partial charge in [0.25, 0.3) is 5.91 Å². The van der Waals surface area contributed by atoms with Crippen molar-refractivity contribution >= 4 is 22.6 Å². The molecule has 2 unspecified atom stereocenters. The van der Waals surface area contributed by atoms with Crippen LogP contribution in [-0.4, -0.2) is 31.3 Å². The van der Waals surface area contributed by atoms with E-state index in [4.69, 9.17) is 18.6 Å². The largest absolute Gasteiger partial charge is 0.502 e. The van der Waals surface area contributed by atoms with Gasteiger partial charge in [-0.2, -0.15) is 0 Å². The number of phenolic OH excluding ortho intramolecular Hbond substituents is 1. The van der Waals surface area contributed by atoms with Gasteiger partial charge in [-0.25, -0.2) is 4.79 Å². The summed E-state index contributed by atoms with van der Waals surface area (Å²) in [6.45, 7) is 0. The van der Waals surface area contributed by atoms with Gasteiger partial charge in [0.05, 0.1) is 31.1 Å². The molecule has 0 aliphatic carbocycles. The second-order valence-electron chi connectivity index (χ2n) is 7.77. The van der Waals surface area contributed by atoms with Gasteiger partial charge in [-0.3, -0.25) is 4.79 Å². The molecule has 1 aliphatic heterocycles. The summed E-state index contributed by atoms with van der Waals surface area (Å²) in [7, 11) is 2.80. The highest BCUT2D eigenvalue weighted by atomic mass is 16.5. The highest BCUT2D eigenvalue weighted by Gasteiger charge is 2.44. The fourth-order valence-corrected chi connectivity index (χ4v) is 4.25. The Morgan fingerprint density at radius 2 is 1.62 bits per heavy atom. The first-order chi connectivity index (χ1) is 16.5. The quantitative estimate of drug-likeness (QED) is 0.434. The SMILES string of the molecule is COc1cc(C2c3c(c4ccccc4oc3=O)OC2C(=O)Nc2ccccc2)cc(OC)c1O. The summed E-state index contributed by atoms with van der Waals surface area (Å²) in [5, 5.41) is 13.8. The number of hydrogen-bond donors (Lipinski definition) is 2. The summed E-state index contributed by atoms with van der Waals surface area (Å²) in [4.78, 5) is 26.5. The molecule has 1 amide bonds. The van der Waals surface area contributed by atoms with Crippen LogP contribution in [-0.2, 0) is 4.79 Å². The molecule has 0 fully saturated rings. The lowest BCUT2D eigenvalue weighted by molar-refractivity contribution is -0.122. The Hall–Kier alpha value is -4.46. The molecular formula is C26H21NO7. The molecule has 0 saturated carbocycles. The fourth-order valence-electron chi connectivity index (χ4n) is 4.25. The van der Waals surface area contributed by atoms with Crippen molar-refractivity contribution in [3.8, 4) is 23.0 Å². The van der Waals surface area contributed by atoms with Gasteiger partial charge in [0.15, 0.2) is 17.6 Å². The van der Waals surface area contributed by atoms with Crippen molar-refractivity contribution in [3.05, 3.63) is 88.3 Å². The molecule has 8 nitrogen and oxygen atoms in total. The summed E-state index contributed by atoms with van der Waals surface area (Å²) < 4.78 is 22.3. The van der Waals surface area contributed by atoms with Crippen LogP contribution in [0.4, 0.5) is 5.69 Å². The van der Waals surface area contributed by atoms with E-state index >= 15 is 0 Å². The average molecular weight is 459 g/mol. The van der Waals surface area contributed by atoms with Crippen LogP contribution in [0.2, 0.25) is 0 Å². The summed E-state index contributed by atoms with van der Waals surface area (Å²) in [6.07, 6.45) is -1.09. The molecular weight excluding hydrogens is 438 g/mol. The number of nitrogens with one attached hydrogen (secondary N) is 1. The van der Waals surface area contributed by atoms with E-state index in [0.717, 1.165) is 0 Å². The molecule has 0 radical (unpaired) electrons. The summed E-state index contributed by atoms with van der Waals surface area (Å²) in [5.74, 6) is -0.921. The maximum Gasteiger partial charge on any atom is 0.344 e. The number of fused-ring (bicyclic) bond motifs is 3. The minimum atomic E-state index is -1.09. The third-order valence-corrected chi connectivity index (χ3v) is 5.82. The van der Waals surface area contributed by atoms with Crippen molar-refractivity contribution < 1.29 is 28.5 Å². The lowest BCUT2D eigenvalue weighted by Gasteiger charge is -2.20. The molecule has 2 heterocycles. The topological polar surface area (TPSA) is 107 Å². The number of phenols is 1. The Labute approximate surface area is 194 Å². The van der Waals surface area contributed by atoms with E-state index in [9.17, 15) is 14.7 Å². The van der Waals surface area contributed by atoms with E-state index in [0.29, 0.717) is 22.2 Å². The van der Waals surface area contributed by atoms with Crippen LogP contribution in [0, 0.1) is 0 Å². The lowest BCUT2D eigenvalue weighted by Crippen LogP contribution is -2.35. The molecule has 0 spiro atoms. The number of hydrogen-bond acceptors (Lipinski definition) is 7. The number of amides is 1. The molecule has 34 heavy (non-hydrogen) atoms. The summed E-state index contributed by atoms with van der Waals surface area (Å²) >= 11 is 0. The van der Waals surface area contributed by atoms with E-state index < -0.39 is 23.6 Å². The van der Waals surface area contributed by atoms with Gasteiger partial charge in [-0.1, -0.05) is 30.3 Å². The van der Waals surface area contributed by atoms with Crippen molar-refractivity contribution in [1.29, 1.82) is 0 Å². The number of carbonyl (C=O) groups is 1. The minimum absolute atomic E-state index is 0.134. The fraction of sp³-hybridized carbons (Fsp3) is 0.154. The van der Waals surface area contributed by atoms with Crippen LogP contribution >= 0.6 is 0 Å². The van der Waals surface area contributed by atoms with Crippen molar-refractivity contribution in [2.75, 3.05) is 19.5 Å². The zero-order valence-corrected chi connectivity index (χ0v) is 18.4. The average Bonchev–Trinajstić information content (AvgIpc) is 3.27. The molecule has 2 atom stereocenters. The lowest BCUT2D eigenvalue weighted by atomic mass is 9.87. The molecule has 8 heteroatoms. The molecule has 0 saturated heterocycles. The van der Waals surface area contributed by atoms with Crippen LogP contribution in [0.1, 0.15) is 17.0 Å². The predicted molar refractivity (Wildman–Crippen MR) is 125 cm³/mol. The van der Waals surface area contributed by atoms with Crippen molar-refractivity contribution in [3.63, 3.8) is 0 Å². The Morgan fingerprint density at radius 1 is 0.971 bits per heavy atom. The van der Waals surface area contributed by atoms with Gasteiger partial charge >= 0.3 is 5.63 Å². The third-order valence-electron chi connectivity index (χ3n) is 5.82. The number of anilines is 1. The smallest absolute Gasteiger partial charge is 0.344 e. The molecule has 3 aromatic carbocycles. The van der Waals surface area contributed by atoms with Gasteiger partial charge in [0.1, 0.15) is 11.3 Å². The van der Waals surface area contributed by atoms with Crippen LogP contribution in [0.5, 0.6) is 23.0 Å². The number of aromatic hydroxyl groups is 1. The second kappa shape index (κ2) is 8.47. The molecule has 1 aromatic heterocycles. The van der Waals surface area contributed by atoms with Crippen molar-refractivity contribution in [2.24, 2.45) is 0 Å². The van der Waals surface area contributed by atoms with Crippen LogP contribution in [0.25, 0.3) is 11.0 Å². The molecule has 172 valence electrons. The van der Waals surface area contributed by atoms with Gasteiger partial charge in [0.2, 0.25) is 5.75 Å². The van der Waals surface area contributed by atoms with Gasteiger partial charge in [-0.05, 0) is 42.0 Å². The van der Waals surface area contributed by atoms with E-state index in [-0.39, 0.29) is 28.6 Å². The van der Waals surface area contributed by atoms with E-state index in [1.54, 1.807) is 60.7 Å². The molecule has 4 aromatic rings. The maximum atomic E-state index is 13.4. The molecule has 1 aliphatic rings. The predicted octanol–water partition coefficient (Wildman–Crippen LogP) is 4.05. The minimum Gasteiger partial charge on any atom is -0.502 e. The molecule has 0 bridgehead atoms. The first-order valence-electron chi connectivity index (χ1n) is 10.5. The first kappa shape index (κ1) is 21.4. The van der Waals surface area contributed by atoms with Crippen LogP contribution in [0.3, 0.4) is 0 Å². The number of ether oxygens (including phenoxy) is 3. The van der Waals surface area contributed by atoms with E-state index in [1.165, 1.54) is 14.2 Å². The standard InChI is InChI=1S/C26H21NO7/c1-31-18-12-14(13-19(32-2)22(18)28)20-21-23(16-10-6-7-11-17(16)33-26(21)30)34-24(20)25(29)27-15-8-4-3-5-9-15/h3-13,20,24,28H,1-2H3,(H,27,29). The molecule has 5 rings (SSSR count). The number of methoxy groups -OCH3 is 2. The summed E-state index contributed by atoms with van der Waals surface area (Å²) in [6, 6.07) is 19.0. The normalized spacial score (nSPS) is 16.5. The Balaban J connectivity index is 1.70. The summed E-state index contributed by atoms with van der Waals surface area (Å²) in [5.41, 5.74) is 1.03. The van der Waals surface area contributed by atoms with E-state index in [1.807, 2.05) is 6.07 Å². The van der Waals surface area contributed by atoms with Crippen LogP contribution < -0.4 is 25.2 Å². The molecule has 2 N–H and O–H groups in total. The second-order valence-corrected chi connectivity index (χ2v) is 7.77. The number of para-hydroxylation sites is 2. The Bertz CT molecular complexity index is 1420. The number of carbonyl (C=O) groups excluding carboxylic acids is 1. The monoisotopic (exact) mass is 459 g/mol. The van der Waals surface area contributed by atoms with Gasteiger partial charge in [0, 0.05) is 5.69 Å². The third kappa shape index (κ3) is 3.49. The maximum absolute atomic E-state index is 13.4. The highest BCUT2D eigenvalue weighted by molar-refractivity contribution is 5.97. The zero-order chi connectivity index (χ0) is 23.8. The first-order valence-corrected chi connectivity index (χ1v) is 10.5. The van der Waals surface area contributed by atoms with E-state index in [2.05, 4.69) is 5.32 Å². The number of benzene rings is 3. The van der Waals surface area contributed by atoms with Gasteiger partial charge in [-0.15, -0.1) is 0 Å². The van der Waals surface area contributed by atoms with Crippen molar-refractivity contribution in [1.82, 2.24) is 0 Å².